The third kappa shape index (κ3) is 5.44. The molecule has 1 saturated heterocycles. The summed E-state index contributed by atoms with van der Waals surface area (Å²) in [4.78, 5) is 25.5. The highest BCUT2D eigenvalue weighted by Crippen LogP contribution is 2.16. The van der Waals surface area contributed by atoms with Crippen LogP contribution in [0.25, 0.3) is 0 Å². The van der Waals surface area contributed by atoms with Crippen molar-refractivity contribution >= 4 is 11.9 Å². The molecule has 0 radical (unpaired) electrons. The van der Waals surface area contributed by atoms with Gasteiger partial charge in [-0.05, 0) is 33.5 Å². The van der Waals surface area contributed by atoms with Crippen LogP contribution < -0.4 is 4.90 Å². The summed E-state index contributed by atoms with van der Waals surface area (Å²) < 4.78 is 0. The summed E-state index contributed by atoms with van der Waals surface area (Å²) in [5, 5.41) is 8.79. The van der Waals surface area contributed by atoms with E-state index < -0.39 is 5.97 Å². The minimum atomic E-state index is -0.892. The topological polar surface area (TPSA) is 72.8 Å². The van der Waals surface area contributed by atoms with Crippen LogP contribution in [0.4, 0.5) is 5.95 Å². The number of carboxylic acids is 1. The Morgan fingerprint density at radius 1 is 1.35 bits per heavy atom. The molecule has 2 rings (SSSR count). The van der Waals surface area contributed by atoms with E-state index in [-0.39, 0.29) is 6.54 Å². The van der Waals surface area contributed by atoms with Gasteiger partial charge in [0.2, 0.25) is 5.95 Å². The minimum Gasteiger partial charge on any atom is -0.480 e. The molecular formula is C16H27N5O2. The van der Waals surface area contributed by atoms with Crippen molar-refractivity contribution < 1.29 is 9.90 Å². The van der Waals surface area contributed by atoms with Crippen molar-refractivity contribution in [2.75, 3.05) is 45.7 Å². The van der Waals surface area contributed by atoms with E-state index in [1.165, 1.54) is 30.7 Å². The standard InChI is InChI=1S/C16H27N5O2/c1-19(11-14-6-4-5-7-20(14)2)10-13-8-17-16(18-9-13)21(3)12-15(22)23/h8-9,14H,4-7,10-12H2,1-3H3,(H,22,23). The van der Waals surface area contributed by atoms with E-state index >= 15 is 0 Å². The second-order valence-corrected chi connectivity index (χ2v) is 6.47. The highest BCUT2D eigenvalue weighted by atomic mass is 16.4. The monoisotopic (exact) mass is 321 g/mol. The lowest BCUT2D eigenvalue weighted by atomic mass is 10.0. The summed E-state index contributed by atoms with van der Waals surface area (Å²) in [5.74, 6) is -0.456. The molecule has 1 aliphatic rings. The first kappa shape index (κ1) is 17.6. The van der Waals surface area contributed by atoms with Crippen molar-refractivity contribution in [3.8, 4) is 0 Å². The summed E-state index contributed by atoms with van der Waals surface area (Å²) in [5.41, 5.74) is 1.04. The zero-order valence-electron chi connectivity index (χ0n) is 14.3. The van der Waals surface area contributed by atoms with Gasteiger partial charge in [0, 0.05) is 44.1 Å². The van der Waals surface area contributed by atoms with Crippen LogP contribution in [-0.4, -0.2) is 77.7 Å². The van der Waals surface area contributed by atoms with Gasteiger partial charge in [-0.15, -0.1) is 0 Å². The molecule has 0 saturated carbocycles. The number of carbonyl (C=O) groups is 1. The van der Waals surface area contributed by atoms with E-state index in [0.29, 0.717) is 12.0 Å². The Morgan fingerprint density at radius 3 is 2.65 bits per heavy atom. The maximum absolute atomic E-state index is 10.7. The van der Waals surface area contributed by atoms with Gasteiger partial charge in [0.1, 0.15) is 6.54 Å². The molecule has 0 aliphatic carbocycles. The number of likely N-dealkylation sites (tertiary alicyclic amines) is 1. The molecule has 1 aromatic heterocycles. The first-order chi connectivity index (χ1) is 11.0. The van der Waals surface area contributed by atoms with Gasteiger partial charge in [0.15, 0.2) is 0 Å². The third-order valence-corrected chi connectivity index (χ3v) is 4.30. The smallest absolute Gasteiger partial charge is 0.323 e. The number of rotatable bonds is 7. The van der Waals surface area contributed by atoms with E-state index in [4.69, 9.17) is 5.11 Å². The van der Waals surface area contributed by atoms with E-state index in [2.05, 4.69) is 33.9 Å². The van der Waals surface area contributed by atoms with Crippen molar-refractivity contribution in [2.45, 2.75) is 31.8 Å². The second-order valence-electron chi connectivity index (χ2n) is 6.47. The third-order valence-electron chi connectivity index (χ3n) is 4.30. The number of hydrogen-bond acceptors (Lipinski definition) is 6. The predicted molar refractivity (Wildman–Crippen MR) is 89.5 cm³/mol. The molecule has 1 unspecified atom stereocenters. The Bertz CT molecular complexity index is 508. The molecule has 1 aromatic rings. The first-order valence-electron chi connectivity index (χ1n) is 8.08. The van der Waals surface area contributed by atoms with Crippen LogP contribution in [0.2, 0.25) is 0 Å². The Morgan fingerprint density at radius 2 is 2.04 bits per heavy atom. The number of anilines is 1. The van der Waals surface area contributed by atoms with Gasteiger partial charge in [-0.25, -0.2) is 9.97 Å². The maximum atomic E-state index is 10.7. The Balaban J connectivity index is 1.86. The predicted octanol–water partition coefficient (Wildman–Crippen LogP) is 0.914. The van der Waals surface area contributed by atoms with Crippen LogP contribution >= 0.6 is 0 Å². The molecule has 7 nitrogen and oxygen atoms in total. The van der Waals surface area contributed by atoms with Gasteiger partial charge in [-0.1, -0.05) is 6.42 Å². The van der Waals surface area contributed by atoms with Gasteiger partial charge in [0.25, 0.3) is 0 Å². The molecule has 128 valence electrons. The minimum absolute atomic E-state index is 0.104. The average Bonchev–Trinajstić information content (AvgIpc) is 2.49. The van der Waals surface area contributed by atoms with Crippen LogP contribution in [0.15, 0.2) is 12.4 Å². The van der Waals surface area contributed by atoms with Crippen molar-refractivity contribution in [2.24, 2.45) is 0 Å². The number of likely N-dealkylation sites (N-methyl/N-ethyl adjacent to an activating group) is 3. The molecule has 23 heavy (non-hydrogen) atoms. The largest absolute Gasteiger partial charge is 0.480 e. The highest BCUT2D eigenvalue weighted by Gasteiger charge is 2.20. The van der Waals surface area contributed by atoms with E-state index in [1.807, 2.05) is 0 Å². The van der Waals surface area contributed by atoms with Gasteiger partial charge >= 0.3 is 5.97 Å². The number of nitrogens with zero attached hydrogens (tertiary/aromatic N) is 5. The van der Waals surface area contributed by atoms with Crippen LogP contribution in [0.1, 0.15) is 24.8 Å². The van der Waals surface area contributed by atoms with Gasteiger partial charge < -0.3 is 19.8 Å². The lowest BCUT2D eigenvalue weighted by Gasteiger charge is -2.35. The number of aliphatic carboxylic acids is 1. The quantitative estimate of drug-likeness (QED) is 0.800. The second kappa shape index (κ2) is 8.21. The molecule has 1 atom stereocenters. The molecular weight excluding hydrogens is 294 g/mol. The van der Waals surface area contributed by atoms with Crippen LogP contribution in [0.5, 0.6) is 0 Å². The fourth-order valence-corrected chi connectivity index (χ4v) is 3.01. The summed E-state index contributed by atoms with van der Waals surface area (Å²) >= 11 is 0. The molecule has 1 fully saturated rings. The number of piperidine rings is 1. The SMILES string of the molecule is CN(Cc1cnc(N(C)CC(=O)O)nc1)CC1CCCCN1C. The summed E-state index contributed by atoms with van der Waals surface area (Å²) in [6, 6.07) is 0.621. The normalized spacial score (nSPS) is 19.0. The number of aromatic nitrogens is 2. The number of carboxylic acid groups (broad SMARTS) is 1. The van der Waals surface area contributed by atoms with Gasteiger partial charge in [-0.3, -0.25) is 4.79 Å². The zero-order valence-corrected chi connectivity index (χ0v) is 14.3. The first-order valence-corrected chi connectivity index (χ1v) is 8.08. The maximum Gasteiger partial charge on any atom is 0.323 e. The van der Waals surface area contributed by atoms with E-state index in [1.54, 1.807) is 19.4 Å². The molecule has 1 N–H and O–H groups in total. The number of hydrogen-bond donors (Lipinski definition) is 1. The van der Waals surface area contributed by atoms with Crippen molar-refractivity contribution in [3.63, 3.8) is 0 Å². The molecule has 1 aliphatic heterocycles. The molecule has 0 spiro atoms. The van der Waals surface area contributed by atoms with Crippen molar-refractivity contribution in [1.29, 1.82) is 0 Å². The lowest BCUT2D eigenvalue weighted by molar-refractivity contribution is -0.135. The van der Waals surface area contributed by atoms with E-state index in [9.17, 15) is 4.79 Å². The summed E-state index contributed by atoms with van der Waals surface area (Å²) in [6.07, 6.45) is 7.44. The Hall–Kier alpha value is -1.73. The Labute approximate surface area is 137 Å². The fraction of sp³-hybridized carbons (Fsp3) is 0.688. The summed E-state index contributed by atoms with van der Waals surface area (Å²) in [6.45, 7) is 2.92. The van der Waals surface area contributed by atoms with Gasteiger partial charge in [0.05, 0.1) is 0 Å². The highest BCUT2D eigenvalue weighted by molar-refractivity contribution is 5.72. The van der Waals surface area contributed by atoms with Crippen molar-refractivity contribution in [1.82, 2.24) is 19.8 Å². The molecule has 0 bridgehead atoms. The summed E-state index contributed by atoms with van der Waals surface area (Å²) in [7, 11) is 5.99. The zero-order chi connectivity index (χ0) is 16.8. The molecule has 2 heterocycles. The van der Waals surface area contributed by atoms with Crippen molar-refractivity contribution in [3.05, 3.63) is 18.0 Å². The molecule has 7 heteroatoms. The van der Waals surface area contributed by atoms with Crippen LogP contribution in [0.3, 0.4) is 0 Å². The van der Waals surface area contributed by atoms with Crippen LogP contribution in [0, 0.1) is 0 Å². The lowest BCUT2D eigenvalue weighted by Crippen LogP contribution is -2.43. The van der Waals surface area contributed by atoms with Gasteiger partial charge in [-0.2, -0.15) is 0 Å². The molecule has 0 aromatic carbocycles. The van der Waals surface area contributed by atoms with Crippen LogP contribution in [-0.2, 0) is 11.3 Å². The average molecular weight is 321 g/mol. The fourth-order valence-electron chi connectivity index (χ4n) is 3.01. The van der Waals surface area contributed by atoms with E-state index in [0.717, 1.165) is 18.7 Å². The molecule has 0 amide bonds. The Kier molecular flexibility index (Phi) is 6.29.